The van der Waals surface area contributed by atoms with Crippen molar-refractivity contribution in [2.24, 2.45) is 4.36 Å². The molecule has 2 nitrogen and oxygen atoms in total. The molecule has 0 spiro atoms. The number of hydrogen-bond donors (Lipinski definition) is 0. The van der Waals surface area contributed by atoms with Crippen molar-refractivity contribution in [3.63, 3.8) is 0 Å². The monoisotopic (exact) mass is 285 g/mol. The van der Waals surface area contributed by atoms with Gasteiger partial charge in [-0.1, -0.05) is 42.0 Å². The second-order valence-corrected chi connectivity index (χ2v) is 6.96. The summed E-state index contributed by atoms with van der Waals surface area (Å²) < 4.78 is 17.9. The van der Waals surface area contributed by atoms with Crippen LogP contribution in [0.15, 0.2) is 87.0 Å². The van der Waals surface area contributed by atoms with E-state index in [1.807, 2.05) is 67.6 Å². The zero-order chi connectivity index (χ0) is 14.4. The minimum absolute atomic E-state index is 0.526. The zero-order valence-electron chi connectivity index (χ0n) is 11.7. The van der Waals surface area contributed by atoms with Gasteiger partial charge >= 0.3 is 0 Å². The van der Waals surface area contributed by atoms with Gasteiger partial charge in [0.1, 0.15) is 9.73 Å². The highest BCUT2D eigenvalue weighted by molar-refractivity contribution is 7.93. The maximum absolute atomic E-state index is 13.4. The molecule has 104 valence electrons. The van der Waals surface area contributed by atoms with Crippen LogP contribution >= 0.6 is 0 Å². The van der Waals surface area contributed by atoms with Gasteiger partial charge < -0.3 is 0 Å². The van der Waals surface area contributed by atoms with E-state index < -0.39 is 9.73 Å². The minimum atomic E-state index is -2.56. The lowest BCUT2D eigenvalue weighted by Crippen LogP contribution is -2.03. The van der Waals surface area contributed by atoms with E-state index in [0.717, 1.165) is 21.8 Å². The van der Waals surface area contributed by atoms with Crippen LogP contribution < -0.4 is 0 Å². The van der Waals surface area contributed by atoms with Crippen LogP contribution in [0.3, 0.4) is 0 Å². The second-order valence-electron chi connectivity index (χ2n) is 4.71. The molecule has 0 amide bonds. The third-order valence-electron chi connectivity index (χ3n) is 2.94. The first-order chi connectivity index (χ1) is 9.63. The summed E-state index contributed by atoms with van der Waals surface area (Å²) in [5, 5.41) is 0. The predicted molar refractivity (Wildman–Crippen MR) is 84.3 cm³/mol. The summed E-state index contributed by atoms with van der Waals surface area (Å²) in [7, 11) is -2.56. The first-order valence-corrected chi connectivity index (χ1v) is 8.12. The fourth-order valence-electron chi connectivity index (χ4n) is 1.86. The van der Waals surface area contributed by atoms with E-state index in [1.165, 1.54) is 0 Å². The van der Waals surface area contributed by atoms with Gasteiger partial charge in [0.25, 0.3) is 0 Å². The molecular formula is C17H19NOS. The van der Waals surface area contributed by atoms with Crippen molar-refractivity contribution in [3.05, 3.63) is 72.8 Å². The Morgan fingerprint density at radius 1 is 1.00 bits per heavy atom. The molecule has 0 aliphatic heterocycles. The van der Waals surface area contributed by atoms with Gasteiger partial charge in [-0.25, -0.2) is 8.57 Å². The summed E-state index contributed by atoms with van der Waals surface area (Å²) in [6.45, 7) is 6.35. The first-order valence-electron chi connectivity index (χ1n) is 6.60. The Bertz CT molecular complexity index is 638. The van der Waals surface area contributed by atoms with Crippen molar-refractivity contribution >= 4 is 9.73 Å². The SMILES string of the molecule is C=C(C)CCN=S(=O)(c1ccccc1)c1ccccc1. The van der Waals surface area contributed by atoms with Crippen LogP contribution in [0, 0.1) is 0 Å². The third-order valence-corrected chi connectivity index (χ3v) is 5.31. The van der Waals surface area contributed by atoms with E-state index in [2.05, 4.69) is 10.9 Å². The Morgan fingerprint density at radius 2 is 1.45 bits per heavy atom. The molecule has 2 rings (SSSR count). The van der Waals surface area contributed by atoms with Crippen LogP contribution in [-0.2, 0) is 9.73 Å². The quantitative estimate of drug-likeness (QED) is 0.742. The van der Waals surface area contributed by atoms with E-state index in [9.17, 15) is 4.21 Å². The Kier molecular flexibility index (Phi) is 4.74. The molecule has 0 unspecified atom stereocenters. The van der Waals surface area contributed by atoms with Crippen LogP contribution in [0.2, 0.25) is 0 Å². The maximum atomic E-state index is 13.4. The molecule has 0 heterocycles. The Balaban J connectivity index is 2.50. The summed E-state index contributed by atoms with van der Waals surface area (Å²) in [6, 6.07) is 18.9. The van der Waals surface area contributed by atoms with E-state index >= 15 is 0 Å². The van der Waals surface area contributed by atoms with Crippen molar-refractivity contribution in [1.29, 1.82) is 0 Å². The Labute approximate surface area is 121 Å². The van der Waals surface area contributed by atoms with E-state index in [4.69, 9.17) is 0 Å². The summed E-state index contributed by atoms with van der Waals surface area (Å²) in [5.74, 6) is 0. The lowest BCUT2D eigenvalue weighted by Gasteiger charge is -2.11. The number of nitrogens with zero attached hydrogens (tertiary/aromatic N) is 1. The van der Waals surface area contributed by atoms with Gasteiger partial charge in [-0.05, 0) is 37.6 Å². The standard InChI is InChI=1S/C17H19NOS/c1-15(2)13-14-18-20(19,16-9-5-3-6-10-16)17-11-7-4-8-12-17/h3-12H,1,13-14H2,2H3. The van der Waals surface area contributed by atoms with Gasteiger partial charge in [-0.3, -0.25) is 0 Å². The lowest BCUT2D eigenvalue weighted by molar-refractivity contribution is 0.674. The number of hydrogen-bond acceptors (Lipinski definition) is 2. The van der Waals surface area contributed by atoms with Crippen LogP contribution in [-0.4, -0.2) is 10.8 Å². The first kappa shape index (κ1) is 14.5. The molecule has 20 heavy (non-hydrogen) atoms. The Morgan fingerprint density at radius 3 is 1.85 bits per heavy atom. The average molecular weight is 285 g/mol. The van der Waals surface area contributed by atoms with Crippen molar-refractivity contribution < 1.29 is 4.21 Å². The van der Waals surface area contributed by atoms with Crippen LogP contribution in [0.5, 0.6) is 0 Å². The number of benzene rings is 2. The van der Waals surface area contributed by atoms with E-state index in [-0.39, 0.29) is 0 Å². The molecule has 2 aromatic carbocycles. The molecule has 0 bridgehead atoms. The van der Waals surface area contributed by atoms with Gasteiger partial charge in [0.2, 0.25) is 0 Å². The van der Waals surface area contributed by atoms with Crippen LogP contribution in [0.1, 0.15) is 13.3 Å². The summed E-state index contributed by atoms with van der Waals surface area (Å²) in [5.41, 5.74) is 1.05. The van der Waals surface area contributed by atoms with Crippen molar-refractivity contribution in [2.45, 2.75) is 23.1 Å². The smallest absolute Gasteiger partial charge is 0.104 e. The molecule has 0 saturated heterocycles. The third kappa shape index (κ3) is 3.36. The predicted octanol–water partition coefficient (Wildman–Crippen LogP) is 4.54. The minimum Gasteiger partial charge on any atom is -0.240 e. The van der Waals surface area contributed by atoms with Crippen LogP contribution in [0.4, 0.5) is 0 Å². The molecule has 0 saturated carbocycles. The molecule has 0 N–H and O–H groups in total. The van der Waals surface area contributed by atoms with Gasteiger partial charge in [-0.2, -0.15) is 0 Å². The lowest BCUT2D eigenvalue weighted by atomic mass is 10.2. The molecular weight excluding hydrogens is 266 g/mol. The largest absolute Gasteiger partial charge is 0.240 e. The summed E-state index contributed by atoms with van der Waals surface area (Å²) >= 11 is 0. The molecule has 0 aromatic heterocycles. The summed E-state index contributed by atoms with van der Waals surface area (Å²) in [6.07, 6.45) is 0.761. The highest BCUT2D eigenvalue weighted by Crippen LogP contribution is 2.23. The maximum Gasteiger partial charge on any atom is 0.104 e. The highest BCUT2D eigenvalue weighted by atomic mass is 32.2. The number of rotatable bonds is 5. The normalized spacial score (nSPS) is 11.1. The zero-order valence-corrected chi connectivity index (χ0v) is 12.5. The van der Waals surface area contributed by atoms with Crippen molar-refractivity contribution in [3.8, 4) is 0 Å². The fourth-order valence-corrected chi connectivity index (χ4v) is 3.83. The topological polar surface area (TPSA) is 29.4 Å². The molecule has 0 atom stereocenters. The molecule has 3 heteroatoms. The van der Waals surface area contributed by atoms with E-state index in [1.54, 1.807) is 0 Å². The molecule has 0 aliphatic rings. The van der Waals surface area contributed by atoms with Gasteiger partial charge in [0.05, 0.1) is 16.3 Å². The van der Waals surface area contributed by atoms with Crippen LogP contribution in [0.25, 0.3) is 0 Å². The van der Waals surface area contributed by atoms with Gasteiger partial charge in [0, 0.05) is 0 Å². The molecule has 0 fully saturated rings. The molecule has 0 aliphatic carbocycles. The molecule has 0 radical (unpaired) electrons. The summed E-state index contributed by atoms with van der Waals surface area (Å²) in [4.78, 5) is 1.51. The fraction of sp³-hybridized carbons (Fsp3) is 0.176. The van der Waals surface area contributed by atoms with Gasteiger partial charge in [-0.15, -0.1) is 6.58 Å². The van der Waals surface area contributed by atoms with E-state index in [0.29, 0.717) is 6.54 Å². The Hall–Kier alpha value is -1.87. The van der Waals surface area contributed by atoms with Crippen molar-refractivity contribution in [1.82, 2.24) is 0 Å². The average Bonchev–Trinajstić information content (AvgIpc) is 2.48. The van der Waals surface area contributed by atoms with Crippen molar-refractivity contribution in [2.75, 3.05) is 6.54 Å². The highest BCUT2D eigenvalue weighted by Gasteiger charge is 2.14. The second kappa shape index (κ2) is 6.53. The molecule has 2 aromatic rings. The van der Waals surface area contributed by atoms with Gasteiger partial charge in [0.15, 0.2) is 0 Å².